The predicted octanol–water partition coefficient (Wildman–Crippen LogP) is 3.59. The maximum Gasteiger partial charge on any atom is 0.0414 e. The number of thiophene rings is 1. The van der Waals surface area contributed by atoms with Crippen molar-refractivity contribution in [2.75, 3.05) is 0 Å². The van der Waals surface area contributed by atoms with Crippen LogP contribution in [-0.2, 0) is 0 Å². The molecule has 0 aromatic carbocycles. The molecule has 0 aliphatic heterocycles. The highest BCUT2D eigenvalue weighted by atomic mass is 32.1. The Kier molecular flexibility index (Phi) is 5.45. The largest absolute Gasteiger partial charge is 0.306 e. The third-order valence-electron chi connectivity index (χ3n) is 2.59. The van der Waals surface area contributed by atoms with Gasteiger partial charge in [0.2, 0.25) is 0 Å². The van der Waals surface area contributed by atoms with Crippen LogP contribution in [0.15, 0.2) is 17.5 Å². The van der Waals surface area contributed by atoms with Gasteiger partial charge in [0.15, 0.2) is 0 Å². The highest BCUT2D eigenvalue weighted by Crippen LogP contribution is 2.22. The van der Waals surface area contributed by atoms with Gasteiger partial charge >= 0.3 is 0 Å². The second-order valence-corrected chi connectivity index (χ2v) is 4.64. The van der Waals surface area contributed by atoms with E-state index in [-0.39, 0.29) is 0 Å². The van der Waals surface area contributed by atoms with Crippen LogP contribution in [0.4, 0.5) is 0 Å². The van der Waals surface area contributed by atoms with Crippen LogP contribution < -0.4 is 5.32 Å². The standard InChI is InChI=1S/C13H19NS/c1-4-8-11(5-2)14-12(6-3)13-9-7-10-15-13/h1,7,9-12,14H,5-6,8H2,2-3H3. The Labute approximate surface area is 96.9 Å². The molecule has 1 aromatic heterocycles. The van der Waals surface area contributed by atoms with E-state index in [1.54, 1.807) is 0 Å². The van der Waals surface area contributed by atoms with Crippen LogP contribution in [0.3, 0.4) is 0 Å². The fraction of sp³-hybridized carbons (Fsp3) is 0.538. The molecule has 2 heteroatoms. The van der Waals surface area contributed by atoms with Crippen LogP contribution in [0.1, 0.15) is 44.0 Å². The Bertz CT molecular complexity index is 297. The summed E-state index contributed by atoms with van der Waals surface area (Å²) in [6.07, 6.45) is 8.37. The highest BCUT2D eigenvalue weighted by molar-refractivity contribution is 7.10. The molecule has 1 N–H and O–H groups in total. The average molecular weight is 221 g/mol. The van der Waals surface area contributed by atoms with Crippen molar-refractivity contribution in [2.24, 2.45) is 0 Å². The zero-order valence-electron chi connectivity index (χ0n) is 9.49. The summed E-state index contributed by atoms with van der Waals surface area (Å²) in [6.45, 7) is 4.39. The second kappa shape index (κ2) is 6.66. The third-order valence-corrected chi connectivity index (χ3v) is 3.57. The lowest BCUT2D eigenvalue weighted by Gasteiger charge is -2.22. The summed E-state index contributed by atoms with van der Waals surface area (Å²) in [7, 11) is 0. The van der Waals surface area contributed by atoms with E-state index < -0.39 is 0 Å². The van der Waals surface area contributed by atoms with Crippen molar-refractivity contribution < 1.29 is 0 Å². The number of hydrogen-bond acceptors (Lipinski definition) is 2. The lowest BCUT2D eigenvalue weighted by Crippen LogP contribution is -2.31. The third kappa shape index (κ3) is 3.70. The van der Waals surface area contributed by atoms with E-state index >= 15 is 0 Å². The summed E-state index contributed by atoms with van der Waals surface area (Å²) in [5.74, 6) is 2.73. The Balaban J connectivity index is 2.57. The predicted molar refractivity (Wildman–Crippen MR) is 68.0 cm³/mol. The molecule has 82 valence electrons. The van der Waals surface area contributed by atoms with Crippen molar-refractivity contribution in [3.05, 3.63) is 22.4 Å². The molecule has 0 saturated heterocycles. The summed E-state index contributed by atoms with van der Waals surface area (Å²) >= 11 is 1.81. The van der Waals surface area contributed by atoms with Crippen LogP contribution in [0, 0.1) is 12.3 Å². The zero-order valence-corrected chi connectivity index (χ0v) is 10.3. The first-order valence-electron chi connectivity index (χ1n) is 5.54. The highest BCUT2D eigenvalue weighted by Gasteiger charge is 2.14. The van der Waals surface area contributed by atoms with E-state index in [4.69, 9.17) is 6.42 Å². The van der Waals surface area contributed by atoms with Gasteiger partial charge in [-0.1, -0.05) is 19.9 Å². The molecule has 1 rings (SSSR count). The Hall–Kier alpha value is -0.780. The van der Waals surface area contributed by atoms with Crippen molar-refractivity contribution in [3.8, 4) is 12.3 Å². The van der Waals surface area contributed by atoms with Crippen molar-refractivity contribution in [1.29, 1.82) is 0 Å². The van der Waals surface area contributed by atoms with Gasteiger partial charge in [0, 0.05) is 23.4 Å². The van der Waals surface area contributed by atoms with Crippen molar-refractivity contribution in [2.45, 2.75) is 45.2 Å². The molecule has 0 aliphatic rings. The second-order valence-electron chi connectivity index (χ2n) is 3.66. The molecule has 0 saturated carbocycles. The quantitative estimate of drug-likeness (QED) is 0.724. The van der Waals surface area contributed by atoms with Gasteiger partial charge in [-0.2, -0.15) is 0 Å². The minimum absolute atomic E-state index is 0.446. The number of nitrogens with one attached hydrogen (secondary N) is 1. The minimum Gasteiger partial charge on any atom is -0.306 e. The van der Waals surface area contributed by atoms with E-state index in [1.165, 1.54) is 4.88 Å². The number of terminal acetylenes is 1. The molecule has 1 heterocycles. The number of rotatable bonds is 6. The summed E-state index contributed by atoms with van der Waals surface area (Å²) in [6, 6.07) is 5.20. The van der Waals surface area contributed by atoms with Crippen LogP contribution in [-0.4, -0.2) is 6.04 Å². The molecule has 0 bridgehead atoms. The molecule has 0 radical (unpaired) electrons. The number of hydrogen-bond donors (Lipinski definition) is 1. The van der Waals surface area contributed by atoms with Crippen LogP contribution >= 0.6 is 11.3 Å². The fourth-order valence-electron chi connectivity index (χ4n) is 1.64. The molecule has 1 aromatic rings. The SMILES string of the molecule is C#CCC(CC)NC(CC)c1cccs1. The van der Waals surface area contributed by atoms with Gasteiger partial charge in [0.25, 0.3) is 0 Å². The minimum atomic E-state index is 0.446. The molecule has 0 fully saturated rings. The molecular weight excluding hydrogens is 202 g/mol. The summed E-state index contributed by atoms with van der Waals surface area (Å²) in [5, 5.41) is 5.75. The smallest absolute Gasteiger partial charge is 0.0414 e. The lowest BCUT2D eigenvalue weighted by atomic mass is 10.1. The normalized spacial score (nSPS) is 14.5. The maximum atomic E-state index is 5.35. The Morgan fingerprint density at radius 2 is 2.27 bits per heavy atom. The molecule has 2 atom stereocenters. The zero-order chi connectivity index (χ0) is 11.1. The van der Waals surface area contributed by atoms with Crippen LogP contribution in [0.25, 0.3) is 0 Å². The topological polar surface area (TPSA) is 12.0 Å². The van der Waals surface area contributed by atoms with E-state index in [0.717, 1.165) is 19.3 Å². The van der Waals surface area contributed by atoms with E-state index in [1.807, 2.05) is 11.3 Å². The van der Waals surface area contributed by atoms with Crippen molar-refractivity contribution in [3.63, 3.8) is 0 Å². The molecule has 15 heavy (non-hydrogen) atoms. The van der Waals surface area contributed by atoms with Gasteiger partial charge in [-0.3, -0.25) is 0 Å². The van der Waals surface area contributed by atoms with Crippen molar-refractivity contribution >= 4 is 11.3 Å². The summed E-state index contributed by atoms with van der Waals surface area (Å²) in [5.41, 5.74) is 0. The Morgan fingerprint density at radius 1 is 1.47 bits per heavy atom. The molecule has 0 aliphatic carbocycles. The monoisotopic (exact) mass is 221 g/mol. The molecule has 1 nitrogen and oxygen atoms in total. The van der Waals surface area contributed by atoms with Gasteiger partial charge in [-0.15, -0.1) is 23.7 Å². The van der Waals surface area contributed by atoms with E-state index in [2.05, 4.69) is 42.6 Å². The molecule has 2 unspecified atom stereocenters. The lowest BCUT2D eigenvalue weighted by molar-refractivity contribution is 0.425. The first-order chi connectivity index (χ1) is 7.31. The van der Waals surface area contributed by atoms with Gasteiger partial charge in [0.05, 0.1) is 0 Å². The van der Waals surface area contributed by atoms with E-state index in [0.29, 0.717) is 12.1 Å². The van der Waals surface area contributed by atoms with E-state index in [9.17, 15) is 0 Å². The van der Waals surface area contributed by atoms with Gasteiger partial charge in [-0.25, -0.2) is 0 Å². The first-order valence-corrected chi connectivity index (χ1v) is 6.42. The molecular formula is C13H19NS. The van der Waals surface area contributed by atoms with Crippen molar-refractivity contribution in [1.82, 2.24) is 5.32 Å². The fourth-order valence-corrected chi connectivity index (χ4v) is 2.51. The summed E-state index contributed by atoms with van der Waals surface area (Å²) in [4.78, 5) is 1.41. The molecule has 0 amide bonds. The van der Waals surface area contributed by atoms with Crippen LogP contribution in [0.2, 0.25) is 0 Å². The molecule has 0 spiro atoms. The Morgan fingerprint density at radius 3 is 2.73 bits per heavy atom. The van der Waals surface area contributed by atoms with Gasteiger partial charge in [-0.05, 0) is 24.3 Å². The van der Waals surface area contributed by atoms with Gasteiger partial charge in [0.1, 0.15) is 0 Å². The summed E-state index contributed by atoms with van der Waals surface area (Å²) < 4.78 is 0. The van der Waals surface area contributed by atoms with Crippen LogP contribution in [0.5, 0.6) is 0 Å². The average Bonchev–Trinajstić information content (AvgIpc) is 2.77. The van der Waals surface area contributed by atoms with Gasteiger partial charge < -0.3 is 5.32 Å². The maximum absolute atomic E-state index is 5.35. The first kappa shape index (κ1) is 12.3.